The summed E-state index contributed by atoms with van der Waals surface area (Å²) in [7, 11) is 0. The van der Waals surface area contributed by atoms with Gasteiger partial charge in [-0.05, 0) is 104 Å². The number of hydrogen-bond acceptors (Lipinski definition) is 2. The normalized spacial score (nSPS) is 11.5. The first-order valence-corrected chi connectivity index (χ1v) is 17.8. The van der Waals surface area contributed by atoms with E-state index in [-0.39, 0.29) is 0 Å². The Bertz CT molecular complexity index is 2790. The average molecular weight is 664 g/mol. The lowest BCUT2D eigenvalue weighted by Crippen LogP contribution is -2.10. The lowest BCUT2D eigenvalue weighted by molar-refractivity contribution is 0.669. The Morgan fingerprint density at radius 3 is 1.52 bits per heavy atom. The van der Waals surface area contributed by atoms with Crippen LogP contribution in [0.4, 0.5) is 17.1 Å². The zero-order chi connectivity index (χ0) is 34.4. The van der Waals surface area contributed by atoms with E-state index in [4.69, 9.17) is 4.42 Å². The maximum absolute atomic E-state index is 6.26. The van der Waals surface area contributed by atoms with Crippen molar-refractivity contribution >= 4 is 60.5 Å². The summed E-state index contributed by atoms with van der Waals surface area (Å²) in [5.74, 6) is 0. The minimum atomic E-state index is 0.921. The van der Waals surface area contributed by atoms with Gasteiger partial charge in [0.2, 0.25) is 0 Å². The van der Waals surface area contributed by atoms with Crippen molar-refractivity contribution in [2.75, 3.05) is 4.90 Å². The van der Waals surface area contributed by atoms with Crippen LogP contribution in [0.25, 0.3) is 76.9 Å². The minimum Gasteiger partial charge on any atom is -0.456 e. The highest BCUT2D eigenvalue weighted by Gasteiger charge is 2.16. The second-order valence-corrected chi connectivity index (χ2v) is 13.3. The molecule has 10 aromatic rings. The molecule has 0 fully saturated rings. The van der Waals surface area contributed by atoms with Crippen LogP contribution in [0.2, 0.25) is 0 Å². The van der Waals surface area contributed by atoms with E-state index < -0.39 is 0 Å². The van der Waals surface area contributed by atoms with Gasteiger partial charge in [-0.2, -0.15) is 0 Å². The largest absolute Gasteiger partial charge is 0.456 e. The summed E-state index contributed by atoms with van der Waals surface area (Å²) in [5.41, 5.74) is 12.3. The number of nitrogens with zero attached hydrogens (tertiary/aromatic N) is 1. The Hall–Kier alpha value is -6.90. The molecule has 9 aromatic carbocycles. The predicted octanol–water partition coefficient (Wildman–Crippen LogP) is 14.4. The van der Waals surface area contributed by atoms with Crippen LogP contribution >= 0.6 is 0 Å². The summed E-state index contributed by atoms with van der Waals surface area (Å²) in [5, 5.41) is 7.23. The van der Waals surface area contributed by atoms with Gasteiger partial charge in [0, 0.05) is 33.2 Å². The average Bonchev–Trinajstić information content (AvgIpc) is 3.61. The maximum Gasteiger partial charge on any atom is 0.136 e. The minimum absolute atomic E-state index is 0.921. The van der Waals surface area contributed by atoms with E-state index in [9.17, 15) is 0 Å². The van der Waals surface area contributed by atoms with E-state index >= 15 is 0 Å². The number of anilines is 3. The van der Waals surface area contributed by atoms with Crippen LogP contribution in [-0.2, 0) is 0 Å². The number of rotatable bonds is 6. The van der Waals surface area contributed by atoms with Crippen molar-refractivity contribution < 1.29 is 4.42 Å². The molecule has 0 atom stereocenters. The van der Waals surface area contributed by atoms with E-state index in [0.717, 1.165) is 33.6 Å². The highest BCUT2D eigenvalue weighted by Crippen LogP contribution is 2.41. The summed E-state index contributed by atoms with van der Waals surface area (Å²) in [6, 6.07) is 71.7. The molecule has 0 unspecified atom stereocenters. The van der Waals surface area contributed by atoms with Crippen LogP contribution in [-0.4, -0.2) is 0 Å². The first kappa shape index (κ1) is 30.0. The third kappa shape index (κ3) is 5.21. The molecule has 10 rings (SSSR count). The van der Waals surface area contributed by atoms with Crippen molar-refractivity contribution in [1.82, 2.24) is 0 Å². The second kappa shape index (κ2) is 12.5. The fourth-order valence-corrected chi connectivity index (χ4v) is 7.69. The molecule has 1 heterocycles. The van der Waals surface area contributed by atoms with Gasteiger partial charge in [-0.1, -0.05) is 146 Å². The smallest absolute Gasteiger partial charge is 0.136 e. The highest BCUT2D eigenvalue weighted by atomic mass is 16.3. The quantitative estimate of drug-likeness (QED) is 0.165. The van der Waals surface area contributed by atoms with Gasteiger partial charge in [0.15, 0.2) is 0 Å². The number of hydrogen-bond donors (Lipinski definition) is 0. The van der Waals surface area contributed by atoms with Crippen molar-refractivity contribution in [3.63, 3.8) is 0 Å². The Morgan fingerprint density at radius 2 is 0.827 bits per heavy atom. The van der Waals surface area contributed by atoms with Crippen LogP contribution in [0.5, 0.6) is 0 Å². The summed E-state index contributed by atoms with van der Waals surface area (Å²) in [4.78, 5) is 2.35. The monoisotopic (exact) mass is 663 g/mol. The molecule has 0 aliphatic heterocycles. The molecule has 0 saturated heterocycles. The summed E-state index contributed by atoms with van der Waals surface area (Å²) in [6.45, 7) is 0. The van der Waals surface area contributed by atoms with Gasteiger partial charge in [0.1, 0.15) is 11.2 Å². The lowest BCUT2D eigenvalue weighted by Gasteiger charge is -2.26. The summed E-state index contributed by atoms with van der Waals surface area (Å²) >= 11 is 0. The van der Waals surface area contributed by atoms with Crippen LogP contribution in [0, 0.1) is 0 Å². The van der Waals surface area contributed by atoms with Gasteiger partial charge in [-0.25, -0.2) is 0 Å². The van der Waals surface area contributed by atoms with Crippen molar-refractivity contribution in [2.24, 2.45) is 0 Å². The molecule has 52 heavy (non-hydrogen) atoms. The first-order valence-electron chi connectivity index (χ1n) is 17.8. The van der Waals surface area contributed by atoms with Gasteiger partial charge in [-0.15, -0.1) is 0 Å². The molecule has 2 nitrogen and oxygen atoms in total. The zero-order valence-corrected chi connectivity index (χ0v) is 28.4. The van der Waals surface area contributed by atoms with E-state index in [1.807, 2.05) is 6.07 Å². The molecule has 0 amide bonds. The van der Waals surface area contributed by atoms with Crippen molar-refractivity contribution in [1.29, 1.82) is 0 Å². The predicted molar refractivity (Wildman–Crippen MR) is 220 cm³/mol. The van der Waals surface area contributed by atoms with E-state index in [1.165, 1.54) is 60.3 Å². The molecule has 0 aliphatic carbocycles. The van der Waals surface area contributed by atoms with Gasteiger partial charge >= 0.3 is 0 Å². The van der Waals surface area contributed by atoms with Crippen molar-refractivity contribution in [3.8, 4) is 33.4 Å². The topological polar surface area (TPSA) is 16.4 Å². The van der Waals surface area contributed by atoms with Gasteiger partial charge in [0.05, 0.1) is 0 Å². The van der Waals surface area contributed by atoms with Crippen molar-refractivity contribution in [2.45, 2.75) is 0 Å². The third-order valence-corrected chi connectivity index (χ3v) is 10.2. The van der Waals surface area contributed by atoms with Crippen LogP contribution in [0.1, 0.15) is 0 Å². The summed E-state index contributed by atoms with van der Waals surface area (Å²) in [6.07, 6.45) is 0. The molecule has 0 spiro atoms. The molecule has 2 heteroatoms. The molecule has 0 saturated carbocycles. The number of furan rings is 1. The summed E-state index contributed by atoms with van der Waals surface area (Å²) < 4.78 is 6.26. The molecule has 0 aliphatic rings. The number of benzene rings is 9. The first-order chi connectivity index (χ1) is 25.8. The molecule has 0 N–H and O–H groups in total. The molecule has 0 bridgehead atoms. The lowest BCUT2D eigenvalue weighted by atomic mass is 9.94. The van der Waals surface area contributed by atoms with E-state index in [0.29, 0.717) is 0 Å². The fraction of sp³-hybridized carbons (Fsp3) is 0. The molecule has 1 aromatic heterocycles. The maximum atomic E-state index is 6.26. The molecular weight excluding hydrogens is 631 g/mol. The van der Waals surface area contributed by atoms with E-state index in [1.54, 1.807) is 0 Å². The highest BCUT2D eigenvalue weighted by molar-refractivity contribution is 6.26. The standard InChI is InChI=1S/C50H33NO/c1-3-10-34(11-4-1)36-20-26-42(27-21-36)51(43-28-22-37(23-29-43)35-12-5-2-6-13-35)44-15-9-14-39(33-44)40-24-30-45-41(32-40)19-18-38-25-31-48-50(49(38)45)46-16-7-8-17-47(46)52-48/h1-33H. The van der Waals surface area contributed by atoms with Gasteiger partial charge in [0.25, 0.3) is 0 Å². The number of para-hydroxylation sites is 1. The SMILES string of the molecule is c1ccc(-c2ccc(N(c3ccc(-c4ccccc4)cc3)c3cccc(-c4ccc5c(ccc6ccc7oc8ccccc8c7c65)c4)c3)cc2)cc1. The van der Waals surface area contributed by atoms with Crippen LogP contribution in [0.3, 0.4) is 0 Å². The fourth-order valence-electron chi connectivity index (χ4n) is 7.69. The van der Waals surface area contributed by atoms with Gasteiger partial charge < -0.3 is 9.32 Å². The number of fused-ring (bicyclic) bond motifs is 7. The second-order valence-electron chi connectivity index (χ2n) is 13.3. The van der Waals surface area contributed by atoms with Gasteiger partial charge in [-0.3, -0.25) is 0 Å². The molecule has 244 valence electrons. The van der Waals surface area contributed by atoms with E-state index in [2.05, 4.69) is 199 Å². The Balaban J connectivity index is 1.08. The van der Waals surface area contributed by atoms with Crippen molar-refractivity contribution in [3.05, 3.63) is 200 Å². The Kier molecular flexibility index (Phi) is 7.18. The molecular formula is C50H33NO. The van der Waals surface area contributed by atoms with Crippen LogP contribution in [0.15, 0.2) is 205 Å². The Labute approximate surface area is 302 Å². The van der Waals surface area contributed by atoms with Crippen LogP contribution < -0.4 is 4.90 Å². The Morgan fingerprint density at radius 1 is 0.288 bits per heavy atom. The zero-order valence-electron chi connectivity index (χ0n) is 28.4. The third-order valence-electron chi connectivity index (χ3n) is 10.2. The molecule has 0 radical (unpaired) electrons.